The van der Waals surface area contributed by atoms with E-state index in [9.17, 15) is 9.59 Å². The molecule has 0 atom stereocenters. The fraction of sp³-hybridized carbons (Fsp3) is 0.0667. The summed E-state index contributed by atoms with van der Waals surface area (Å²) >= 11 is 0.895. The van der Waals surface area contributed by atoms with Gasteiger partial charge >= 0.3 is 0 Å². The highest BCUT2D eigenvalue weighted by Crippen LogP contribution is 2.23. The Balaban J connectivity index is 2.07. The van der Waals surface area contributed by atoms with Crippen molar-refractivity contribution < 1.29 is 14.3 Å². The van der Waals surface area contributed by atoms with Crippen LogP contribution in [0.5, 0.6) is 5.75 Å². The van der Waals surface area contributed by atoms with E-state index in [-0.39, 0.29) is 0 Å². The fourth-order valence-corrected chi connectivity index (χ4v) is 2.25. The molecule has 0 radical (unpaired) electrons. The molecule has 5 heteroatoms. The molecule has 2 N–H and O–H groups in total. The first-order valence-electron chi connectivity index (χ1n) is 5.86. The van der Waals surface area contributed by atoms with Crippen LogP contribution in [0.2, 0.25) is 0 Å². The van der Waals surface area contributed by atoms with Crippen molar-refractivity contribution in [3.63, 3.8) is 0 Å². The Labute approximate surface area is 120 Å². The van der Waals surface area contributed by atoms with Gasteiger partial charge in [0.1, 0.15) is 5.75 Å². The molecule has 2 aromatic carbocycles. The van der Waals surface area contributed by atoms with Crippen LogP contribution < -0.4 is 10.5 Å². The van der Waals surface area contributed by atoms with E-state index in [1.807, 2.05) is 0 Å². The van der Waals surface area contributed by atoms with Crippen molar-refractivity contribution in [1.29, 1.82) is 0 Å². The molecule has 0 spiro atoms. The minimum absolute atomic E-state index is 0.338. The molecule has 0 heterocycles. The van der Waals surface area contributed by atoms with Crippen LogP contribution in [0.1, 0.15) is 10.4 Å². The Morgan fingerprint density at radius 2 is 1.60 bits per heavy atom. The van der Waals surface area contributed by atoms with Crippen LogP contribution in [0.4, 0.5) is 5.69 Å². The van der Waals surface area contributed by atoms with Gasteiger partial charge in [-0.25, -0.2) is 0 Å². The molecule has 0 amide bonds. The maximum atomic E-state index is 11.9. The number of carbonyl (C=O) groups is 2. The van der Waals surface area contributed by atoms with Crippen LogP contribution in [-0.4, -0.2) is 18.0 Å². The standard InChI is InChI=1S/C15H13NO3S/c1-19-12-6-8-13(9-7-12)20-15(18)14(17)10-2-4-11(16)5-3-10/h2-9H,16H2,1H3. The summed E-state index contributed by atoms with van der Waals surface area (Å²) in [4.78, 5) is 24.5. The van der Waals surface area contributed by atoms with Crippen molar-refractivity contribution in [3.05, 3.63) is 54.1 Å². The first-order valence-corrected chi connectivity index (χ1v) is 6.68. The summed E-state index contributed by atoms with van der Waals surface area (Å²) < 4.78 is 5.03. The van der Waals surface area contributed by atoms with Gasteiger partial charge in [0, 0.05) is 16.1 Å². The van der Waals surface area contributed by atoms with Crippen molar-refractivity contribution in [3.8, 4) is 5.75 Å². The van der Waals surface area contributed by atoms with Gasteiger partial charge in [0.05, 0.1) is 7.11 Å². The molecule has 2 aromatic rings. The first kappa shape index (κ1) is 14.1. The summed E-state index contributed by atoms with van der Waals surface area (Å²) in [6.45, 7) is 0. The molecule has 0 saturated carbocycles. The number of ether oxygens (including phenoxy) is 1. The molecule has 102 valence electrons. The van der Waals surface area contributed by atoms with Gasteiger partial charge in [-0.15, -0.1) is 0 Å². The number of nitrogen functional groups attached to an aromatic ring is 1. The molecular formula is C15H13NO3S. The van der Waals surface area contributed by atoms with Crippen LogP contribution in [0.3, 0.4) is 0 Å². The van der Waals surface area contributed by atoms with Crippen LogP contribution in [0.15, 0.2) is 53.4 Å². The van der Waals surface area contributed by atoms with Crippen molar-refractivity contribution >= 4 is 28.3 Å². The second-order valence-electron chi connectivity index (χ2n) is 4.02. The van der Waals surface area contributed by atoms with Gasteiger partial charge in [0.15, 0.2) is 0 Å². The van der Waals surface area contributed by atoms with Crippen molar-refractivity contribution in [2.24, 2.45) is 0 Å². The third kappa shape index (κ3) is 3.39. The molecular weight excluding hydrogens is 274 g/mol. The Morgan fingerprint density at radius 1 is 1.00 bits per heavy atom. The lowest BCUT2D eigenvalue weighted by Crippen LogP contribution is -2.10. The molecule has 20 heavy (non-hydrogen) atoms. The summed E-state index contributed by atoms with van der Waals surface area (Å²) in [7, 11) is 1.57. The van der Waals surface area contributed by atoms with E-state index in [0.717, 1.165) is 11.8 Å². The predicted molar refractivity (Wildman–Crippen MR) is 79.0 cm³/mol. The lowest BCUT2D eigenvalue weighted by atomic mass is 10.1. The summed E-state index contributed by atoms with van der Waals surface area (Å²) in [5, 5.41) is -0.528. The van der Waals surface area contributed by atoms with E-state index in [1.54, 1.807) is 55.6 Å². The zero-order valence-electron chi connectivity index (χ0n) is 10.8. The fourth-order valence-electron chi connectivity index (χ4n) is 1.55. The van der Waals surface area contributed by atoms with Crippen molar-refractivity contribution in [2.75, 3.05) is 12.8 Å². The number of anilines is 1. The van der Waals surface area contributed by atoms with Crippen LogP contribution in [0, 0.1) is 0 Å². The number of hydrogen-bond donors (Lipinski definition) is 1. The maximum absolute atomic E-state index is 11.9. The van der Waals surface area contributed by atoms with E-state index >= 15 is 0 Å². The van der Waals surface area contributed by atoms with E-state index in [2.05, 4.69) is 0 Å². The van der Waals surface area contributed by atoms with Crippen LogP contribution >= 0.6 is 11.8 Å². The molecule has 0 aliphatic rings. The minimum atomic E-state index is -0.536. The maximum Gasteiger partial charge on any atom is 0.264 e. The quantitative estimate of drug-likeness (QED) is 0.405. The Kier molecular flexibility index (Phi) is 4.42. The topological polar surface area (TPSA) is 69.4 Å². The number of Topliss-reactive ketones (excluding diaryl/α,β-unsaturated/α-hetero) is 1. The smallest absolute Gasteiger partial charge is 0.264 e. The van der Waals surface area contributed by atoms with Gasteiger partial charge in [0.2, 0.25) is 5.78 Å². The number of hydrogen-bond acceptors (Lipinski definition) is 5. The molecule has 0 fully saturated rings. The third-order valence-corrected chi connectivity index (χ3v) is 3.51. The second kappa shape index (κ2) is 6.25. The molecule has 0 unspecified atom stereocenters. The van der Waals surface area contributed by atoms with Crippen LogP contribution in [0.25, 0.3) is 0 Å². The molecule has 0 saturated heterocycles. The summed E-state index contributed by atoms with van der Waals surface area (Å²) in [5.41, 5.74) is 6.43. The second-order valence-corrected chi connectivity index (χ2v) is 5.06. The highest BCUT2D eigenvalue weighted by Gasteiger charge is 2.17. The van der Waals surface area contributed by atoms with Crippen LogP contribution in [-0.2, 0) is 4.79 Å². The lowest BCUT2D eigenvalue weighted by Gasteiger charge is -2.03. The largest absolute Gasteiger partial charge is 0.497 e. The summed E-state index contributed by atoms with van der Waals surface area (Å²) in [5.74, 6) is 0.164. The van der Waals surface area contributed by atoms with Gasteiger partial charge in [-0.05, 0) is 60.3 Å². The van der Waals surface area contributed by atoms with E-state index in [4.69, 9.17) is 10.5 Å². The van der Waals surface area contributed by atoms with E-state index in [1.165, 1.54) is 0 Å². The average molecular weight is 287 g/mol. The first-order chi connectivity index (χ1) is 9.60. The predicted octanol–water partition coefficient (Wildman–Crippen LogP) is 2.78. The highest BCUT2D eigenvalue weighted by molar-refractivity contribution is 8.15. The van der Waals surface area contributed by atoms with Gasteiger partial charge < -0.3 is 10.5 Å². The van der Waals surface area contributed by atoms with Gasteiger partial charge in [0.25, 0.3) is 5.12 Å². The number of ketones is 1. The number of rotatable bonds is 4. The zero-order valence-corrected chi connectivity index (χ0v) is 11.6. The Morgan fingerprint density at radius 3 is 2.15 bits per heavy atom. The summed E-state index contributed by atoms with van der Waals surface area (Å²) in [6.07, 6.45) is 0. The van der Waals surface area contributed by atoms with Crippen molar-refractivity contribution in [2.45, 2.75) is 4.90 Å². The van der Waals surface area contributed by atoms with Gasteiger partial charge in [-0.2, -0.15) is 0 Å². The SMILES string of the molecule is COc1ccc(SC(=O)C(=O)c2ccc(N)cc2)cc1. The third-order valence-electron chi connectivity index (χ3n) is 2.63. The Bertz CT molecular complexity index is 621. The van der Waals surface area contributed by atoms with Crippen molar-refractivity contribution in [1.82, 2.24) is 0 Å². The number of nitrogens with two attached hydrogens (primary N) is 1. The highest BCUT2D eigenvalue weighted by atomic mass is 32.2. The summed E-state index contributed by atoms with van der Waals surface area (Å²) in [6, 6.07) is 13.2. The lowest BCUT2D eigenvalue weighted by molar-refractivity contribution is -0.107. The molecule has 0 aliphatic heterocycles. The number of benzene rings is 2. The number of carbonyl (C=O) groups excluding carboxylic acids is 2. The normalized spacial score (nSPS) is 10.1. The molecule has 4 nitrogen and oxygen atoms in total. The average Bonchev–Trinajstić information content (AvgIpc) is 2.48. The van der Waals surface area contributed by atoms with Gasteiger partial charge in [-0.1, -0.05) is 0 Å². The molecule has 0 bridgehead atoms. The van der Waals surface area contributed by atoms with Gasteiger partial charge in [-0.3, -0.25) is 9.59 Å². The zero-order chi connectivity index (χ0) is 14.5. The van der Waals surface area contributed by atoms with E-state index in [0.29, 0.717) is 21.9 Å². The monoisotopic (exact) mass is 287 g/mol. The number of thioether (sulfide) groups is 1. The Hall–Kier alpha value is -2.27. The molecule has 0 aromatic heterocycles. The number of methoxy groups -OCH3 is 1. The van der Waals surface area contributed by atoms with E-state index < -0.39 is 10.9 Å². The molecule has 0 aliphatic carbocycles. The molecule has 2 rings (SSSR count). The minimum Gasteiger partial charge on any atom is -0.497 e.